The van der Waals surface area contributed by atoms with Crippen molar-refractivity contribution in [1.82, 2.24) is 0 Å². The van der Waals surface area contributed by atoms with Crippen molar-refractivity contribution < 1.29 is 9.53 Å². The van der Waals surface area contributed by atoms with E-state index in [2.05, 4.69) is 31.4 Å². The molecule has 1 heterocycles. The van der Waals surface area contributed by atoms with Crippen molar-refractivity contribution in [2.45, 2.75) is 33.2 Å². The molecular formula is C14H20N2O2. The largest absolute Gasteiger partial charge is 0.494 e. The highest BCUT2D eigenvalue weighted by molar-refractivity contribution is 5.98. The minimum Gasteiger partial charge on any atom is -0.494 e. The smallest absolute Gasteiger partial charge is 0.226 e. The zero-order valence-electron chi connectivity index (χ0n) is 11.3. The first-order valence-corrected chi connectivity index (χ1v) is 6.15. The molecule has 0 radical (unpaired) electrons. The van der Waals surface area contributed by atoms with Gasteiger partial charge in [0.05, 0.1) is 12.8 Å². The normalized spacial score (nSPS) is 19.3. The van der Waals surface area contributed by atoms with Gasteiger partial charge in [-0.25, -0.2) is 0 Å². The number of ether oxygens (including phenoxy) is 1. The molecule has 1 unspecified atom stereocenters. The van der Waals surface area contributed by atoms with Crippen LogP contribution in [0.2, 0.25) is 0 Å². The highest BCUT2D eigenvalue weighted by Gasteiger charge is 2.30. The molecule has 0 bridgehead atoms. The SMILES string of the molecule is COc1cccc2c1NC(=O)CC(C(C)(C)C)N2. The molecule has 0 saturated heterocycles. The van der Waals surface area contributed by atoms with E-state index in [0.717, 1.165) is 11.4 Å². The van der Waals surface area contributed by atoms with E-state index < -0.39 is 0 Å². The number of amides is 1. The van der Waals surface area contributed by atoms with E-state index in [1.54, 1.807) is 7.11 Å². The Labute approximate surface area is 108 Å². The molecule has 1 aromatic carbocycles. The number of methoxy groups -OCH3 is 1. The number of carbonyl (C=O) groups excluding carboxylic acids is 1. The van der Waals surface area contributed by atoms with Gasteiger partial charge in [0.15, 0.2) is 0 Å². The number of nitrogens with one attached hydrogen (secondary N) is 2. The van der Waals surface area contributed by atoms with Crippen LogP contribution < -0.4 is 15.4 Å². The molecule has 1 aromatic rings. The molecule has 2 rings (SSSR count). The second-order valence-electron chi connectivity index (χ2n) is 5.70. The first-order chi connectivity index (χ1) is 8.41. The van der Waals surface area contributed by atoms with Crippen LogP contribution in [0.25, 0.3) is 0 Å². The topological polar surface area (TPSA) is 50.4 Å². The van der Waals surface area contributed by atoms with E-state index >= 15 is 0 Å². The van der Waals surface area contributed by atoms with Gasteiger partial charge in [-0.1, -0.05) is 26.8 Å². The maximum atomic E-state index is 12.0. The van der Waals surface area contributed by atoms with Gasteiger partial charge in [0.2, 0.25) is 5.91 Å². The molecule has 2 N–H and O–H groups in total. The first kappa shape index (κ1) is 12.7. The summed E-state index contributed by atoms with van der Waals surface area (Å²) in [5.41, 5.74) is 1.67. The lowest BCUT2D eigenvalue weighted by atomic mass is 9.84. The molecule has 18 heavy (non-hydrogen) atoms. The molecule has 0 aliphatic carbocycles. The van der Waals surface area contributed by atoms with Crippen molar-refractivity contribution in [3.8, 4) is 5.75 Å². The summed E-state index contributed by atoms with van der Waals surface area (Å²) in [4.78, 5) is 12.0. The van der Waals surface area contributed by atoms with Crippen LogP contribution in [0.15, 0.2) is 18.2 Å². The van der Waals surface area contributed by atoms with Crippen molar-refractivity contribution in [2.75, 3.05) is 17.7 Å². The summed E-state index contributed by atoms with van der Waals surface area (Å²) in [5, 5.41) is 6.36. The fourth-order valence-electron chi connectivity index (χ4n) is 2.09. The minimum absolute atomic E-state index is 0.0159. The maximum absolute atomic E-state index is 12.0. The van der Waals surface area contributed by atoms with Gasteiger partial charge in [0.25, 0.3) is 0 Å². The fourth-order valence-corrected chi connectivity index (χ4v) is 2.09. The average molecular weight is 248 g/mol. The Morgan fingerprint density at radius 3 is 2.67 bits per heavy atom. The van der Waals surface area contributed by atoms with Crippen molar-refractivity contribution in [3.63, 3.8) is 0 Å². The highest BCUT2D eigenvalue weighted by atomic mass is 16.5. The van der Waals surface area contributed by atoms with E-state index in [0.29, 0.717) is 12.2 Å². The zero-order valence-corrected chi connectivity index (χ0v) is 11.3. The van der Waals surface area contributed by atoms with Crippen LogP contribution in [-0.2, 0) is 4.79 Å². The third-order valence-electron chi connectivity index (χ3n) is 3.28. The van der Waals surface area contributed by atoms with Crippen LogP contribution in [0.5, 0.6) is 5.75 Å². The molecule has 0 fully saturated rings. The van der Waals surface area contributed by atoms with Gasteiger partial charge in [-0.05, 0) is 17.5 Å². The van der Waals surface area contributed by atoms with Crippen LogP contribution in [0.3, 0.4) is 0 Å². The van der Waals surface area contributed by atoms with Crippen LogP contribution in [0.4, 0.5) is 11.4 Å². The lowest BCUT2D eigenvalue weighted by Crippen LogP contribution is -2.35. The average Bonchev–Trinajstić information content (AvgIpc) is 2.45. The number of hydrogen-bond acceptors (Lipinski definition) is 3. The molecule has 1 amide bonds. The number of fused-ring (bicyclic) bond motifs is 1. The fraction of sp³-hybridized carbons (Fsp3) is 0.500. The minimum atomic E-state index is 0.0159. The summed E-state index contributed by atoms with van der Waals surface area (Å²) in [5.74, 6) is 0.702. The Kier molecular flexibility index (Phi) is 3.20. The lowest BCUT2D eigenvalue weighted by Gasteiger charge is -2.30. The summed E-state index contributed by atoms with van der Waals surface area (Å²) in [6.45, 7) is 6.38. The highest BCUT2D eigenvalue weighted by Crippen LogP contribution is 2.37. The maximum Gasteiger partial charge on any atom is 0.226 e. The Hall–Kier alpha value is -1.71. The van der Waals surface area contributed by atoms with E-state index in [9.17, 15) is 4.79 Å². The molecule has 4 nitrogen and oxygen atoms in total. The predicted molar refractivity (Wildman–Crippen MR) is 73.1 cm³/mol. The number of hydrogen-bond donors (Lipinski definition) is 2. The molecule has 98 valence electrons. The third kappa shape index (κ3) is 2.42. The molecular weight excluding hydrogens is 228 g/mol. The summed E-state index contributed by atoms with van der Waals surface area (Å²) in [6, 6.07) is 5.83. The second kappa shape index (κ2) is 4.52. The number of carbonyl (C=O) groups is 1. The van der Waals surface area contributed by atoms with E-state index in [-0.39, 0.29) is 17.4 Å². The number of benzene rings is 1. The van der Waals surface area contributed by atoms with E-state index in [1.807, 2.05) is 18.2 Å². The third-order valence-corrected chi connectivity index (χ3v) is 3.28. The van der Waals surface area contributed by atoms with Crippen LogP contribution in [0, 0.1) is 5.41 Å². The Bertz CT molecular complexity index is 463. The summed E-state index contributed by atoms with van der Waals surface area (Å²) in [6.07, 6.45) is 0.460. The second-order valence-corrected chi connectivity index (χ2v) is 5.70. The number of rotatable bonds is 1. The number of para-hydroxylation sites is 1. The van der Waals surface area contributed by atoms with Crippen molar-refractivity contribution in [2.24, 2.45) is 5.41 Å². The summed E-state index contributed by atoms with van der Waals surface area (Å²) >= 11 is 0. The van der Waals surface area contributed by atoms with Gasteiger partial charge in [0.1, 0.15) is 11.4 Å². The first-order valence-electron chi connectivity index (χ1n) is 6.15. The van der Waals surface area contributed by atoms with Gasteiger partial charge in [0, 0.05) is 12.5 Å². The molecule has 1 aliphatic rings. The number of anilines is 2. The molecule has 0 saturated carbocycles. The zero-order chi connectivity index (χ0) is 13.3. The summed E-state index contributed by atoms with van der Waals surface area (Å²) in [7, 11) is 1.61. The quantitative estimate of drug-likeness (QED) is 0.803. The molecule has 1 atom stereocenters. The van der Waals surface area contributed by atoms with Crippen LogP contribution in [-0.4, -0.2) is 19.1 Å². The molecule has 4 heteroatoms. The van der Waals surface area contributed by atoms with Gasteiger partial charge < -0.3 is 15.4 Å². The van der Waals surface area contributed by atoms with E-state index in [1.165, 1.54) is 0 Å². The van der Waals surface area contributed by atoms with Gasteiger partial charge >= 0.3 is 0 Å². The van der Waals surface area contributed by atoms with Crippen LogP contribution in [0.1, 0.15) is 27.2 Å². The Morgan fingerprint density at radius 1 is 1.33 bits per heavy atom. The van der Waals surface area contributed by atoms with Crippen molar-refractivity contribution in [1.29, 1.82) is 0 Å². The predicted octanol–water partition coefficient (Wildman–Crippen LogP) is 2.86. The van der Waals surface area contributed by atoms with Gasteiger partial charge in [-0.2, -0.15) is 0 Å². The van der Waals surface area contributed by atoms with Crippen molar-refractivity contribution >= 4 is 17.3 Å². The molecule has 0 spiro atoms. The van der Waals surface area contributed by atoms with Crippen molar-refractivity contribution in [3.05, 3.63) is 18.2 Å². The van der Waals surface area contributed by atoms with Crippen LogP contribution >= 0.6 is 0 Å². The molecule has 1 aliphatic heterocycles. The Balaban J connectivity index is 2.42. The van der Waals surface area contributed by atoms with Gasteiger partial charge in [-0.3, -0.25) is 4.79 Å². The molecule has 0 aromatic heterocycles. The van der Waals surface area contributed by atoms with E-state index in [4.69, 9.17) is 4.74 Å². The monoisotopic (exact) mass is 248 g/mol. The standard InChI is InChI=1S/C14H20N2O2/c1-14(2,3)11-8-12(17)16-13-9(15-11)6-5-7-10(13)18-4/h5-7,11,15H,8H2,1-4H3,(H,16,17). The van der Waals surface area contributed by atoms with Gasteiger partial charge in [-0.15, -0.1) is 0 Å². The lowest BCUT2D eigenvalue weighted by molar-refractivity contribution is -0.116. The summed E-state index contributed by atoms with van der Waals surface area (Å²) < 4.78 is 5.28. The Morgan fingerprint density at radius 2 is 2.06 bits per heavy atom.